The Hall–Kier alpha value is -0.830. The van der Waals surface area contributed by atoms with Crippen LogP contribution in [0, 0.1) is 13.8 Å². The molecule has 3 heteroatoms. The molecule has 1 fully saturated rings. The zero-order valence-electron chi connectivity index (χ0n) is 9.51. The minimum absolute atomic E-state index is 0.615. The largest absolute Gasteiger partial charge is 0.481 e. The van der Waals surface area contributed by atoms with Crippen LogP contribution >= 0.6 is 15.9 Å². The van der Waals surface area contributed by atoms with Gasteiger partial charge in [0.15, 0.2) is 0 Å². The number of benzene rings is 1. The van der Waals surface area contributed by atoms with Gasteiger partial charge in [-0.3, -0.25) is 4.79 Å². The number of aryl methyl sites for hydroxylation is 2. The molecule has 1 aromatic rings. The lowest BCUT2D eigenvalue weighted by atomic mass is 9.64. The second-order valence-corrected chi connectivity index (χ2v) is 5.46. The summed E-state index contributed by atoms with van der Waals surface area (Å²) in [5, 5.41) is 9.38. The maximum Gasteiger partial charge on any atom is 0.314 e. The van der Waals surface area contributed by atoms with E-state index in [0.717, 1.165) is 40.4 Å². The first-order valence-corrected chi connectivity index (χ1v) is 6.27. The van der Waals surface area contributed by atoms with Crippen molar-refractivity contribution in [3.05, 3.63) is 33.3 Å². The second-order valence-electron chi connectivity index (χ2n) is 4.66. The van der Waals surface area contributed by atoms with Crippen molar-refractivity contribution in [2.24, 2.45) is 0 Å². The molecule has 1 N–H and O–H groups in total. The fraction of sp³-hybridized carbons (Fsp3) is 0.462. The standard InChI is InChI=1S/C13H15BrO2/c1-8-6-10(7-9(2)11(8)14)13(12(15)16)4-3-5-13/h6-7H,3-5H2,1-2H3,(H,15,16). The van der Waals surface area contributed by atoms with E-state index >= 15 is 0 Å². The lowest BCUT2D eigenvalue weighted by Gasteiger charge is -2.38. The van der Waals surface area contributed by atoms with Gasteiger partial charge >= 0.3 is 5.97 Å². The highest BCUT2D eigenvalue weighted by atomic mass is 79.9. The molecule has 0 unspecified atom stereocenters. The molecule has 2 rings (SSSR count). The zero-order valence-corrected chi connectivity index (χ0v) is 11.1. The van der Waals surface area contributed by atoms with Crippen molar-refractivity contribution < 1.29 is 9.90 Å². The lowest BCUT2D eigenvalue weighted by Crippen LogP contribution is -2.42. The number of hydrogen-bond donors (Lipinski definition) is 1. The van der Waals surface area contributed by atoms with Crippen LogP contribution in [0.1, 0.15) is 36.0 Å². The Labute approximate surface area is 104 Å². The molecule has 0 bridgehead atoms. The molecule has 0 radical (unpaired) electrons. The summed E-state index contributed by atoms with van der Waals surface area (Å²) in [5.74, 6) is -0.681. The summed E-state index contributed by atoms with van der Waals surface area (Å²) in [5.41, 5.74) is 2.57. The van der Waals surface area contributed by atoms with Crippen LogP contribution in [-0.2, 0) is 10.2 Å². The van der Waals surface area contributed by atoms with Gasteiger partial charge in [0.25, 0.3) is 0 Å². The van der Waals surface area contributed by atoms with Gasteiger partial charge < -0.3 is 5.11 Å². The van der Waals surface area contributed by atoms with Crippen molar-refractivity contribution in [1.29, 1.82) is 0 Å². The molecular formula is C13H15BrO2. The van der Waals surface area contributed by atoms with E-state index in [1.165, 1.54) is 0 Å². The topological polar surface area (TPSA) is 37.3 Å². The average Bonchev–Trinajstić information content (AvgIpc) is 2.11. The van der Waals surface area contributed by atoms with Crippen LogP contribution in [-0.4, -0.2) is 11.1 Å². The van der Waals surface area contributed by atoms with Crippen molar-refractivity contribution in [2.75, 3.05) is 0 Å². The van der Waals surface area contributed by atoms with Gasteiger partial charge in [-0.25, -0.2) is 0 Å². The van der Waals surface area contributed by atoms with E-state index in [0.29, 0.717) is 0 Å². The number of halogens is 1. The number of rotatable bonds is 2. The van der Waals surface area contributed by atoms with Gasteiger partial charge in [0.2, 0.25) is 0 Å². The van der Waals surface area contributed by atoms with Gasteiger partial charge in [0, 0.05) is 4.47 Å². The summed E-state index contributed by atoms with van der Waals surface area (Å²) in [6.07, 6.45) is 2.55. The average molecular weight is 283 g/mol. The molecule has 86 valence electrons. The molecule has 2 nitrogen and oxygen atoms in total. The van der Waals surface area contributed by atoms with E-state index in [9.17, 15) is 9.90 Å². The maximum atomic E-state index is 11.4. The number of carboxylic acids is 1. The monoisotopic (exact) mass is 282 g/mol. The SMILES string of the molecule is Cc1cc(C2(C(=O)O)CCC2)cc(C)c1Br. The lowest BCUT2D eigenvalue weighted by molar-refractivity contribution is -0.147. The predicted octanol–water partition coefficient (Wildman–Crippen LogP) is 3.57. The van der Waals surface area contributed by atoms with Crippen LogP contribution in [0.3, 0.4) is 0 Å². The van der Waals surface area contributed by atoms with Gasteiger partial charge in [0.05, 0.1) is 5.41 Å². The highest BCUT2D eigenvalue weighted by molar-refractivity contribution is 9.10. The van der Waals surface area contributed by atoms with E-state index in [4.69, 9.17) is 0 Å². The quantitative estimate of drug-likeness (QED) is 0.900. The number of hydrogen-bond acceptors (Lipinski definition) is 1. The minimum atomic E-state index is -0.681. The van der Waals surface area contributed by atoms with Crippen molar-refractivity contribution >= 4 is 21.9 Å². The normalized spacial score (nSPS) is 17.9. The first-order valence-electron chi connectivity index (χ1n) is 5.48. The first kappa shape index (κ1) is 11.6. The van der Waals surface area contributed by atoms with Crippen molar-refractivity contribution in [3.63, 3.8) is 0 Å². The summed E-state index contributed by atoms with van der Waals surface area (Å²) in [6, 6.07) is 4.01. The van der Waals surface area contributed by atoms with Crippen molar-refractivity contribution in [1.82, 2.24) is 0 Å². The smallest absolute Gasteiger partial charge is 0.314 e. The third-order valence-electron chi connectivity index (χ3n) is 3.61. The zero-order chi connectivity index (χ0) is 11.9. The molecule has 1 aliphatic carbocycles. The highest BCUT2D eigenvalue weighted by Gasteiger charge is 2.46. The summed E-state index contributed by atoms with van der Waals surface area (Å²) in [4.78, 5) is 11.4. The van der Waals surface area contributed by atoms with Gasteiger partial charge in [-0.1, -0.05) is 34.5 Å². The fourth-order valence-electron chi connectivity index (χ4n) is 2.38. The van der Waals surface area contributed by atoms with Gasteiger partial charge in [-0.05, 0) is 43.4 Å². The molecule has 0 spiro atoms. The second kappa shape index (κ2) is 3.88. The van der Waals surface area contributed by atoms with Crippen LogP contribution < -0.4 is 0 Å². The summed E-state index contributed by atoms with van der Waals surface area (Å²) < 4.78 is 1.08. The molecular weight excluding hydrogens is 268 g/mol. The Bertz CT molecular complexity index is 424. The molecule has 0 aromatic heterocycles. The Morgan fingerprint density at radius 3 is 2.12 bits per heavy atom. The molecule has 0 saturated heterocycles. The molecule has 1 aromatic carbocycles. The Balaban J connectivity index is 2.52. The molecule has 0 aliphatic heterocycles. The van der Waals surface area contributed by atoms with Crippen LogP contribution in [0.25, 0.3) is 0 Å². The molecule has 1 saturated carbocycles. The van der Waals surface area contributed by atoms with Gasteiger partial charge in [-0.15, -0.1) is 0 Å². The minimum Gasteiger partial charge on any atom is -0.481 e. The first-order chi connectivity index (χ1) is 7.47. The summed E-state index contributed by atoms with van der Waals surface area (Å²) in [7, 11) is 0. The Kier molecular flexibility index (Phi) is 2.82. The Morgan fingerprint density at radius 2 is 1.81 bits per heavy atom. The van der Waals surface area contributed by atoms with Crippen molar-refractivity contribution in [2.45, 2.75) is 38.5 Å². The molecule has 16 heavy (non-hydrogen) atoms. The molecule has 0 amide bonds. The fourth-order valence-corrected chi connectivity index (χ4v) is 2.61. The molecule has 0 atom stereocenters. The number of carboxylic acid groups (broad SMARTS) is 1. The summed E-state index contributed by atoms with van der Waals surface area (Å²) >= 11 is 3.51. The van der Waals surface area contributed by atoms with E-state index in [2.05, 4.69) is 15.9 Å². The van der Waals surface area contributed by atoms with Gasteiger partial charge in [-0.2, -0.15) is 0 Å². The van der Waals surface area contributed by atoms with Crippen LogP contribution in [0.2, 0.25) is 0 Å². The third-order valence-corrected chi connectivity index (χ3v) is 4.86. The van der Waals surface area contributed by atoms with Gasteiger partial charge in [0.1, 0.15) is 0 Å². The number of aliphatic carboxylic acids is 1. The highest BCUT2D eigenvalue weighted by Crippen LogP contribution is 2.45. The van der Waals surface area contributed by atoms with Crippen LogP contribution in [0.5, 0.6) is 0 Å². The predicted molar refractivity (Wildman–Crippen MR) is 66.8 cm³/mol. The maximum absolute atomic E-state index is 11.4. The van der Waals surface area contributed by atoms with E-state index in [1.807, 2.05) is 26.0 Å². The van der Waals surface area contributed by atoms with Crippen LogP contribution in [0.15, 0.2) is 16.6 Å². The molecule has 1 aliphatic rings. The molecule has 0 heterocycles. The Morgan fingerprint density at radius 1 is 1.31 bits per heavy atom. The summed E-state index contributed by atoms with van der Waals surface area (Å²) in [6.45, 7) is 4.02. The van der Waals surface area contributed by atoms with Crippen LogP contribution in [0.4, 0.5) is 0 Å². The number of carbonyl (C=O) groups is 1. The van der Waals surface area contributed by atoms with Crippen molar-refractivity contribution in [3.8, 4) is 0 Å². The van der Waals surface area contributed by atoms with E-state index in [1.54, 1.807) is 0 Å². The van der Waals surface area contributed by atoms with E-state index < -0.39 is 11.4 Å². The van der Waals surface area contributed by atoms with E-state index in [-0.39, 0.29) is 0 Å². The third kappa shape index (κ3) is 1.58.